The molecule has 0 aliphatic heterocycles. The minimum Gasteiger partial charge on any atom is -0.327 e. The maximum atomic E-state index is 6.12. The first-order chi connectivity index (χ1) is 8.17. The first-order valence-electron chi connectivity index (χ1n) is 7.01. The number of hydrogen-bond donors (Lipinski definition) is 1. The predicted molar refractivity (Wildman–Crippen MR) is 76.4 cm³/mol. The van der Waals surface area contributed by atoms with E-state index in [1.807, 2.05) is 0 Å². The summed E-state index contributed by atoms with van der Waals surface area (Å²) < 4.78 is 0. The van der Waals surface area contributed by atoms with Crippen molar-refractivity contribution in [2.45, 2.75) is 64.8 Å². The molecule has 0 amide bonds. The third-order valence-corrected chi connectivity index (χ3v) is 3.59. The van der Waals surface area contributed by atoms with Crippen molar-refractivity contribution in [3.8, 4) is 0 Å². The second-order valence-corrected chi connectivity index (χ2v) is 5.16. The lowest BCUT2D eigenvalue weighted by Gasteiger charge is -2.13. The fourth-order valence-corrected chi connectivity index (χ4v) is 2.09. The van der Waals surface area contributed by atoms with Gasteiger partial charge in [0.05, 0.1) is 0 Å². The molecule has 2 atom stereocenters. The molecule has 0 spiro atoms. The lowest BCUT2D eigenvalue weighted by molar-refractivity contribution is 0.574. The fraction of sp³-hybridized carbons (Fsp3) is 0.625. The molecule has 96 valence electrons. The number of hydrogen-bond acceptors (Lipinski definition) is 1. The summed E-state index contributed by atoms with van der Waals surface area (Å²) in [5, 5.41) is 0. The number of unbranched alkanes of at least 4 members (excludes halogenated alkanes) is 1. The smallest absolute Gasteiger partial charge is 0.00793 e. The fourth-order valence-electron chi connectivity index (χ4n) is 2.09. The topological polar surface area (TPSA) is 26.0 Å². The van der Waals surface area contributed by atoms with Crippen molar-refractivity contribution in [3.63, 3.8) is 0 Å². The molecule has 0 heterocycles. The minimum atomic E-state index is 0.324. The highest BCUT2D eigenvalue weighted by molar-refractivity contribution is 5.25. The highest BCUT2D eigenvalue weighted by Gasteiger charge is 2.05. The van der Waals surface area contributed by atoms with Crippen LogP contribution in [0.25, 0.3) is 0 Å². The molecule has 17 heavy (non-hydrogen) atoms. The molecule has 1 rings (SSSR count). The van der Waals surface area contributed by atoms with Gasteiger partial charge < -0.3 is 5.73 Å². The Balaban J connectivity index is 2.50. The summed E-state index contributed by atoms with van der Waals surface area (Å²) in [6.07, 6.45) is 5.84. The second kappa shape index (κ2) is 7.50. The maximum Gasteiger partial charge on any atom is 0.00793 e. The van der Waals surface area contributed by atoms with Crippen molar-refractivity contribution in [1.82, 2.24) is 0 Å². The number of benzene rings is 1. The van der Waals surface area contributed by atoms with Gasteiger partial charge in [-0.15, -0.1) is 0 Å². The maximum absolute atomic E-state index is 6.12. The van der Waals surface area contributed by atoms with Gasteiger partial charge in [-0.25, -0.2) is 0 Å². The van der Waals surface area contributed by atoms with E-state index in [0.29, 0.717) is 12.0 Å². The number of rotatable bonds is 7. The summed E-state index contributed by atoms with van der Waals surface area (Å²) in [7, 11) is 0. The molecule has 0 saturated heterocycles. The van der Waals surface area contributed by atoms with Crippen LogP contribution in [0.4, 0.5) is 0 Å². The third-order valence-electron chi connectivity index (χ3n) is 3.59. The van der Waals surface area contributed by atoms with Crippen LogP contribution in [-0.4, -0.2) is 6.04 Å². The molecule has 0 fully saturated rings. The summed E-state index contributed by atoms with van der Waals surface area (Å²) >= 11 is 0. The molecule has 0 aliphatic rings. The van der Waals surface area contributed by atoms with Crippen LogP contribution in [0.3, 0.4) is 0 Å². The van der Waals surface area contributed by atoms with Gasteiger partial charge in [-0.05, 0) is 36.3 Å². The van der Waals surface area contributed by atoms with Gasteiger partial charge in [-0.3, -0.25) is 0 Å². The average molecular weight is 233 g/mol. The SMILES string of the molecule is CCCCC(N)Cc1ccc(C(C)CC)cc1. The zero-order valence-corrected chi connectivity index (χ0v) is 11.6. The lowest BCUT2D eigenvalue weighted by atomic mass is 9.95. The molecular weight excluding hydrogens is 206 g/mol. The molecule has 0 aliphatic carbocycles. The molecule has 1 nitrogen and oxygen atoms in total. The first kappa shape index (κ1) is 14.2. The Morgan fingerprint density at radius 1 is 1.12 bits per heavy atom. The van der Waals surface area contributed by atoms with E-state index in [2.05, 4.69) is 45.0 Å². The third kappa shape index (κ3) is 4.91. The quantitative estimate of drug-likeness (QED) is 0.748. The lowest BCUT2D eigenvalue weighted by Crippen LogP contribution is -2.22. The first-order valence-corrected chi connectivity index (χ1v) is 7.01. The molecule has 0 saturated carbocycles. The van der Waals surface area contributed by atoms with E-state index in [1.54, 1.807) is 0 Å². The van der Waals surface area contributed by atoms with Crippen LogP contribution in [0.5, 0.6) is 0 Å². The molecule has 1 heteroatoms. The van der Waals surface area contributed by atoms with Gasteiger partial charge in [0.2, 0.25) is 0 Å². The summed E-state index contributed by atoms with van der Waals surface area (Å²) in [6, 6.07) is 9.33. The van der Waals surface area contributed by atoms with E-state index in [0.717, 1.165) is 12.8 Å². The van der Waals surface area contributed by atoms with E-state index in [4.69, 9.17) is 5.73 Å². The summed E-state index contributed by atoms with van der Waals surface area (Å²) in [5.74, 6) is 0.665. The summed E-state index contributed by atoms with van der Waals surface area (Å²) in [5.41, 5.74) is 8.93. The Hall–Kier alpha value is -0.820. The van der Waals surface area contributed by atoms with Crippen LogP contribution in [0.15, 0.2) is 24.3 Å². The van der Waals surface area contributed by atoms with Crippen molar-refractivity contribution in [1.29, 1.82) is 0 Å². The monoisotopic (exact) mass is 233 g/mol. The largest absolute Gasteiger partial charge is 0.327 e. The molecular formula is C16H27N. The van der Waals surface area contributed by atoms with Crippen molar-refractivity contribution < 1.29 is 0 Å². The van der Waals surface area contributed by atoms with Gasteiger partial charge in [0, 0.05) is 6.04 Å². The molecule has 0 radical (unpaired) electrons. The van der Waals surface area contributed by atoms with Crippen LogP contribution in [-0.2, 0) is 6.42 Å². The second-order valence-electron chi connectivity index (χ2n) is 5.16. The van der Waals surface area contributed by atoms with E-state index >= 15 is 0 Å². The van der Waals surface area contributed by atoms with E-state index in [9.17, 15) is 0 Å². The zero-order chi connectivity index (χ0) is 12.7. The van der Waals surface area contributed by atoms with Crippen molar-refractivity contribution in [3.05, 3.63) is 35.4 Å². The Morgan fingerprint density at radius 2 is 1.76 bits per heavy atom. The molecule has 0 aromatic heterocycles. The summed E-state index contributed by atoms with van der Waals surface area (Å²) in [6.45, 7) is 6.73. The van der Waals surface area contributed by atoms with Crippen LogP contribution < -0.4 is 5.73 Å². The predicted octanol–water partition coefficient (Wildman–Crippen LogP) is 4.26. The Kier molecular flexibility index (Phi) is 6.28. The van der Waals surface area contributed by atoms with Crippen LogP contribution in [0, 0.1) is 0 Å². The standard InChI is InChI=1S/C16H27N/c1-4-6-7-16(17)12-14-8-10-15(11-9-14)13(3)5-2/h8-11,13,16H,4-7,12,17H2,1-3H3. The minimum absolute atomic E-state index is 0.324. The van der Waals surface area contributed by atoms with Gasteiger partial charge in [-0.2, -0.15) is 0 Å². The highest BCUT2D eigenvalue weighted by atomic mass is 14.6. The van der Waals surface area contributed by atoms with Crippen molar-refractivity contribution >= 4 is 0 Å². The van der Waals surface area contributed by atoms with Crippen LogP contribution in [0.1, 0.15) is 63.5 Å². The van der Waals surface area contributed by atoms with E-state index in [1.165, 1.54) is 30.4 Å². The van der Waals surface area contributed by atoms with Gasteiger partial charge in [0.15, 0.2) is 0 Å². The molecule has 2 N–H and O–H groups in total. The van der Waals surface area contributed by atoms with Gasteiger partial charge in [-0.1, -0.05) is 57.9 Å². The van der Waals surface area contributed by atoms with Crippen molar-refractivity contribution in [2.24, 2.45) is 5.73 Å². The van der Waals surface area contributed by atoms with E-state index in [-0.39, 0.29) is 0 Å². The highest BCUT2D eigenvalue weighted by Crippen LogP contribution is 2.19. The van der Waals surface area contributed by atoms with E-state index < -0.39 is 0 Å². The molecule has 1 aromatic carbocycles. The normalized spacial score (nSPS) is 14.6. The van der Waals surface area contributed by atoms with Crippen molar-refractivity contribution in [2.75, 3.05) is 0 Å². The van der Waals surface area contributed by atoms with Crippen LogP contribution >= 0.6 is 0 Å². The Morgan fingerprint density at radius 3 is 2.29 bits per heavy atom. The molecule has 0 bridgehead atoms. The van der Waals surface area contributed by atoms with Gasteiger partial charge >= 0.3 is 0 Å². The number of nitrogens with two attached hydrogens (primary N) is 1. The zero-order valence-electron chi connectivity index (χ0n) is 11.6. The molecule has 2 unspecified atom stereocenters. The average Bonchev–Trinajstić information content (AvgIpc) is 2.36. The van der Waals surface area contributed by atoms with Gasteiger partial charge in [0.25, 0.3) is 0 Å². The van der Waals surface area contributed by atoms with Crippen LogP contribution in [0.2, 0.25) is 0 Å². The summed E-state index contributed by atoms with van der Waals surface area (Å²) in [4.78, 5) is 0. The van der Waals surface area contributed by atoms with Gasteiger partial charge in [0.1, 0.15) is 0 Å². The molecule has 1 aromatic rings. The Bertz CT molecular complexity index is 302. The Labute approximate surface area is 106 Å².